The van der Waals surface area contributed by atoms with Crippen LogP contribution in [0.2, 0.25) is 0 Å². The highest BCUT2D eigenvalue weighted by molar-refractivity contribution is 7.80. The first-order valence-corrected chi connectivity index (χ1v) is 6.12. The predicted octanol–water partition coefficient (Wildman–Crippen LogP) is 1.98. The molecular formula is C14H12N2O3S. The van der Waals surface area contributed by atoms with Crippen LogP contribution >= 0.6 is 12.2 Å². The van der Waals surface area contributed by atoms with E-state index >= 15 is 0 Å². The van der Waals surface area contributed by atoms with Crippen molar-refractivity contribution in [2.24, 2.45) is 5.73 Å². The van der Waals surface area contributed by atoms with Gasteiger partial charge in [0.15, 0.2) is 11.5 Å². The first-order chi connectivity index (χ1) is 9.50. The van der Waals surface area contributed by atoms with E-state index in [0.29, 0.717) is 11.3 Å². The maximum Gasteiger partial charge on any atom is 0.259 e. The summed E-state index contributed by atoms with van der Waals surface area (Å²) in [7, 11) is 0. The van der Waals surface area contributed by atoms with Gasteiger partial charge in [0.1, 0.15) is 4.99 Å². The third-order valence-corrected chi connectivity index (χ3v) is 2.92. The molecule has 0 saturated heterocycles. The number of phenols is 2. The van der Waals surface area contributed by atoms with E-state index in [9.17, 15) is 15.0 Å². The van der Waals surface area contributed by atoms with Crippen molar-refractivity contribution in [1.82, 2.24) is 0 Å². The number of hydrogen-bond acceptors (Lipinski definition) is 4. The van der Waals surface area contributed by atoms with Crippen molar-refractivity contribution in [3.8, 4) is 11.5 Å². The van der Waals surface area contributed by atoms with Crippen LogP contribution in [0.5, 0.6) is 11.5 Å². The zero-order valence-corrected chi connectivity index (χ0v) is 11.1. The standard InChI is InChI=1S/C14H12N2O3S/c15-13(20)8-4-1-2-6-10(8)16-14(19)9-5-3-7-11(17)12(9)18/h1-7,17-18H,(H2,15,20)(H,16,19). The topological polar surface area (TPSA) is 95.6 Å². The van der Waals surface area contributed by atoms with Gasteiger partial charge in [-0.1, -0.05) is 30.4 Å². The van der Waals surface area contributed by atoms with Crippen LogP contribution in [0.25, 0.3) is 0 Å². The zero-order valence-electron chi connectivity index (χ0n) is 10.3. The molecule has 0 saturated carbocycles. The molecule has 0 atom stereocenters. The molecule has 6 heteroatoms. The van der Waals surface area contributed by atoms with Gasteiger partial charge in [0.25, 0.3) is 5.91 Å². The highest BCUT2D eigenvalue weighted by Crippen LogP contribution is 2.29. The molecule has 0 aliphatic rings. The number of nitrogens with two attached hydrogens (primary N) is 1. The Morgan fingerprint density at radius 2 is 1.70 bits per heavy atom. The van der Waals surface area contributed by atoms with Gasteiger partial charge in [0.2, 0.25) is 0 Å². The number of aromatic hydroxyl groups is 2. The van der Waals surface area contributed by atoms with Crippen LogP contribution in [0.1, 0.15) is 15.9 Å². The smallest absolute Gasteiger partial charge is 0.259 e. The van der Waals surface area contributed by atoms with Crippen LogP contribution in [-0.4, -0.2) is 21.1 Å². The van der Waals surface area contributed by atoms with Crippen LogP contribution in [0.15, 0.2) is 42.5 Å². The first kappa shape index (κ1) is 13.8. The SMILES string of the molecule is NC(=S)c1ccccc1NC(=O)c1cccc(O)c1O. The lowest BCUT2D eigenvalue weighted by Gasteiger charge is -2.11. The Labute approximate surface area is 120 Å². The molecule has 0 aliphatic carbocycles. The fourth-order valence-electron chi connectivity index (χ4n) is 1.71. The third kappa shape index (κ3) is 2.70. The monoisotopic (exact) mass is 288 g/mol. The summed E-state index contributed by atoms with van der Waals surface area (Å²) in [6.07, 6.45) is 0. The second kappa shape index (κ2) is 5.58. The van der Waals surface area contributed by atoms with Crippen LogP contribution in [-0.2, 0) is 0 Å². The van der Waals surface area contributed by atoms with Crippen molar-refractivity contribution in [3.05, 3.63) is 53.6 Å². The van der Waals surface area contributed by atoms with Gasteiger partial charge in [0, 0.05) is 5.56 Å². The Balaban J connectivity index is 2.33. The van der Waals surface area contributed by atoms with Crippen LogP contribution in [0.3, 0.4) is 0 Å². The van der Waals surface area contributed by atoms with Gasteiger partial charge in [0.05, 0.1) is 11.3 Å². The number of nitrogens with one attached hydrogen (secondary N) is 1. The summed E-state index contributed by atoms with van der Waals surface area (Å²) in [6, 6.07) is 10.9. The molecule has 2 rings (SSSR count). The zero-order chi connectivity index (χ0) is 14.7. The molecule has 0 radical (unpaired) electrons. The van der Waals surface area contributed by atoms with E-state index in [-0.39, 0.29) is 16.3 Å². The van der Waals surface area contributed by atoms with E-state index in [1.54, 1.807) is 24.3 Å². The summed E-state index contributed by atoms with van der Waals surface area (Å²) >= 11 is 4.90. The Kier molecular flexibility index (Phi) is 3.86. The second-order valence-electron chi connectivity index (χ2n) is 4.04. The fraction of sp³-hybridized carbons (Fsp3) is 0. The number of carbonyl (C=O) groups is 1. The molecule has 0 aromatic heterocycles. The first-order valence-electron chi connectivity index (χ1n) is 5.72. The fourth-order valence-corrected chi connectivity index (χ4v) is 1.89. The van der Waals surface area contributed by atoms with Gasteiger partial charge in [-0.15, -0.1) is 0 Å². The molecule has 2 aromatic carbocycles. The third-order valence-electron chi connectivity index (χ3n) is 2.70. The van der Waals surface area contributed by atoms with Crippen LogP contribution < -0.4 is 11.1 Å². The number of amides is 1. The average molecular weight is 288 g/mol. The van der Waals surface area contributed by atoms with Gasteiger partial charge in [-0.3, -0.25) is 4.79 Å². The Hall–Kier alpha value is -2.60. The highest BCUT2D eigenvalue weighted by Gasteiger charge is 2.15. The molecular weight excluding hydrogens is 276 g/mol. The number of carbonyl (C=O) groups excluding carboxylic acids is 1. The molecule has 0 fully saturated rings. The minimum absolute atomic E-state index is 0.0391. The Morgan fingerprint density at radius 1 is 1.05 bits per heavy atom. The van der Waals surface area contributed by atoms with Crippen LogP contribution in [0.4, 0.5) is 5.69 Å². The average Bonchev–Trinajstić information content (AvgIpc) is 2.42. The molecule has 0 spiro atoms. The van der Waals surface area contributed by atoms with E-state index in [4.69, 9.17) is 18.0 Å². The number of anilines is 1. The number of phenolic OH excluding ortho intramolecular Hbond substituents is 2. The van der Waals surface area contributed by atoms with Gasteiger partial charge < -0.3 is 21.3 Å². The summed E-state index contributed by atoms with van der Waals surface area (Å²) in [5, 5.41) is 21.6. The second-order valence-corrected chi connectivity index (χ2v) is 4.48. The number of rotatable bonds is 3. The van der Waals surface area contributed by atoms with Crippen molar-refractivity contribution in [3.63, 3.8) is 0 Å². The number of thiocarbonyl (C=S) groups is 1. The molecule has 1 amide bonds. The van der Waals surface area contributed by atoms with Crippen molar-refractivity contribution in [2.45, 2.75) is 0 Å². The van der Waals surface area contributed by atoms with Crippen LogP contribution in [0, 0.1) is 0 Å². The van der Waals surface area contributed by atoms with Gasteiger partial charge in [-0.05, 0) is 24.3 Å². The van der Waals surface area contributed by atoms with Crippen molar-refractivity contribution in [2.75, 3.05) is 5.32 Å². The predicted molar refractivity (Wildman–Crippen MR) is 80.1 cm³/mol. The lowest BCUT2D eigenvalue weighted by atomic mass is 10.1. The van der Waals surface area contributed by atoms with E-state index in [1.807, 2.05) is 0 Å². The van der Waals surface area contributed by atoms with Gasteiger partial charge in [-0.2, -0.15) is 0 Å². The van der Waals surface area contributed by atoms with E-state index in [0.717, 1.165) is 0 Å². The summed E-state index contributed by atoms with van der Waals surface area (Å²) in [5.41, 5.74) is 6.50. The summed E-state index contributed by atoms with van der Waals surface area (Å²) in [6.45, 7) is 0. The molecule has 5 nitrogen and oxygen atoms in total. The highest BCUT2D eigenvalue weighted by atomic mass is 32.1. The quantitative estimate of drug-likeness (QED) is 0.511. The van der Waals surface area contributed by atoms with E-state index < -0.39 is 11.7 Å². The molecule has 20 heavy (non-hydrogen) atoms. The Bertz CT molecular complexity index is 686. The van der Waals surface area contributed by atoms with E-state index in [1.165, 1.54) is 18.2 Å². The number of hydrogen-bond donors (Lipinski definition) is 4. The minimum atomic E-state index is -0.567. The summed E-state index contributed by atoms with van der Waals surface area (Å²) in [4.78, 5) is 12.2. The maximum atomic E-state index is 12.1. The van der Waals surface area contributed by atoms with Crippen molar-refractivity contribution >= 4 is 28.8 Å². The molecule has 102 valence electrons. The maximum absolute atomic E-state index is 12.1. The van der Waals surface area contributed by atoms with Gasteiger partial charge >= 0.3 is 0 Å². The summed E-state index contributed by atoms with van der Waals surface area (Å²) < 4.78 is 0. The normalized spacial score (nSPS) is 10.0. The Morgan fingerprint density at radius 3 is 2.40 bits per heavy atom. The molecule has 5 N–H and O–H groups in total. The molecule has 0 aliphatic heterocycles. The largest absolute Gasteiger partial charge is 0.504 e. The number of para-hydroxylation sites is 2. The summed E-state index contributed by atoms with van der Waals surface area (Å²) in [5.74, 6) is -1.40. The van der Waals surface area contributed by atoms with E-state index in [2.05, 4.69) is 5.32 Å². The van der Waals surface area contributed by atoms with Crippen molar-refractivity contribution < 1.29 is 15.0 Å². The van der Waals surface area contributed by atoms with Gasteiger partial charge in [-0.25, -0.2) is 0 Å². The van der Waals surface area contributed by atoms with Crippen molar-refractivity contribution in [1.29, 1.82) is 0 Å². The molecule has 0 unspecified atom stereocenters. The molecule has 2 aromatic rings. The lowest BCUT2D eigenvalue weighted by molar-refractivity contribution is 0.102. The molecule has 0 heterocycles. The lowest BCUT2D eigenvalue weighted by Crippen LogP contribution is -2.17. The number of benzene rings is 2. The minimum Gasteiger partial charge on any atom is -0.504 e. The molecule has 0 bridgehead atoms.